The Morgan fingerprint density at radius 3 is 2.55 bits per heavy atom. The van der Waals surface area contributed by atoms with E-state index in [1.165, 1.54) is 7.05 Å². The molecule has 1 aliphatic rings. The summed E-state index contributed by atoms with van der Waals surface area (Å²) < 4.78 is 39.0. The van der Waals surface area contributed by atoms with Gasteiger partial charge in [0.05, 0.1) is 17.0 Å². The molecule has 1 saturated heterocycles. The number of carboxylic acid groups (broad SMARTS) is 1. The van der Waals surface area contributed by atoms with Gasteiger partial charge in [0.2, 0.25) is 0 Å². The van der Waals surface area contributed by atoms with Crippen molar-refractivity contribution in [2.75, 3.05) is 13.6 Å². The Morgan fingerprint density at radius 1 is 1.50 bits per heavy atom. The van der Waals surface area contributed by atoms with Crippen LogP contribution in [0.15, 0.2) is 6.07 Å². The normalized spacial score (nSPS) is 28.0. The summed E-state index contributed by atoms with van der Waals surface area (Å²) >= 11 is 4.21. The molecule has 0 amide bonds. The predicted molar refractivity (Wildman–Crippen MR) is 67.5 cm³/mol. The second-order valence-electron chi connectivity index (χ2n) is 4.90. The summed E-state index contributed by atoms with van der Waals surface area (Å²) in [7, 11) is 2.88. The first-order valence-corrected chi connectivity index (χ1v) is 6.36. The van der Waals surface area contributed by atoms with Gasteiger partial charge in [-0.1, -0.05) is 0 Å². The number of aromatic nitrogens is 2. The van der Waals surface area contributed by atoms with Gasteiger partial charge in [0.25, 0.3) is 0 Å². The number of alkyl halides is 3. The lowest BCUT2D eigenvalue weighted by atomic mass is 9.93. The Balaban J connectivity index is 2.39. The molecule has 1 aromatic heterocycles. The maximum atomic E-state index is 12.8. The number of hydrogen-bond donors (Lipinski definition) is 2. The van der Waals surface area contributed by atoms with Crippen LogP contribution in [0, 0.1) is 5.92 Å². The molecular weight excluding hydrogens is 295 g/mol. The summed E-state index contributed by atoms with van der Waals surface area (Å²) in [5.41, 5.74) is -0.752. The van der Waals surface area contributed by atoms with Crippen LogP contribution in [0.25, 0.3) is 0 Å². The van der Waals surface area contributed by atoms with E-state index in [4.69, 9.17) is 0 Å². The molecule has 1 N–H and O–H groups in total. The van der Waals surface area contributed by atoms with Crippen LogP contribution in [0.3, 0.4) is 0 Å². The number of hydrogen-bond acceptors (Lipinski definition) is 4. The average Bonchev–Trinajstić information content (AvgIpc) is 2.80. The van der Waals surface area contributed by atoms with Crippen molar-refractivity contribution in [2.24, 2.45) is 13.0 Å². The Morgan fingerprint density at radius 2 is 2.10 bits per heavy atom. The van der Waals surface area contributed by atoms with Gasteiger partial charge in [-0.15, -0.1) is 0 Å². The zero-order valence-electron chi connectivity index (χ0n) is 10.8. The third kappa shape index (κ3) is 2.51. The fourth-order valence-corrected chi connectivity index (χ4v) is 2.96. The van der Waals surface area contributed by atoms with Gasteiger partial charge in [-0.05, 0) is 13.1 Å². The molecule has 112 valence electrons. The summed E-state index contributed by atoms with van der Waals surface area (Å²) in [5, 5.41) is 12.5. The first kappa shape index (κ1) is 15.2. The van der Waals surface area contributed by atoms with E-state index in [2.05, 4.69) is 17.7 Å². The van der Waals surface area contributed by atoms with E-state index >= 15 is 0 Å². The lowest BCUT2D eigenvalue weighted by Crippen LogP contribution is -2.29. The fourth-order valence-electron chi connectivity index (χ4n) is 2.53. The maximum Gasteiger partial charge on any atom is 0.433 e. The van der Waals surface area contributed by atoms with Crippen molar-refractivity contribution < 1.29 is 23.1 Å². The molecule has 1 aromatic rings. The number of likely N-dealkylation sites (tertiary alicyclic amines) is 1. The zero-order chi connectivity index (χ0) is 15.2. The summed E-state index contributed by atoms with van der Waals surface area (Å²) in [6.45, 7) is 0.305. The topological polar surface area (TPSA) is 58.4 Å². The minimum Gasteiger partial charge on any atom is -0.481 e. The standard InChI is InChI=1S/C11H14F3N3O2S/c1-16-4-5(8(9(16)20)10(18)19)6-3-7(11(12,13)14)17(2)15-6/h3,5,8-9,20H,4H2,1-2H3,(H,18,19). The second kappa shape index (κ2) is 4.96. The van der Waals surface area contributed by atoms with E-state index in [0.717, 1.165) is 10.7 Å². The van der Waals surface area contributed by atoms with Crippen molar-refractivity contribution in [3.8, 4) is 0 Å². The molecule has 0 radical (unpaired) electrons. The number of aliphatic carboxylic acids is 1. The highest BCUT2D eigenvalue weighted by molar-refractivity contribution is 7.80. The van der Waals surface area contributed by atoms with Crippen molar-refractivity contribution in [2.45, 2.75) is 17.5 Å². The van der Waals surface area contributed by atoms with Crippen LogP contribution >= 0.6 is 12.6 Å². The van der Waals surface area contributed by atoms with Crippen LogP contribution in [-0.4, -0.2) is 44.7 Å². The number of aryl methyl sites for hydroxylation is 1. The first-order valence-electron chi connectivity index (χ1n) is 5.85. The molecule has 0 spiro atoms. The highest BCUT2D eigenvalue weighted by Gasteiger charge is 2.46. The Kier molecular flexibility index (Phi) is 3.76. The highest BCUT2D eigenvalue weighted by atomic mass is 32.1. The number of carboxylic acids is 1. The monoisotopic (exact) mass is 309 g/mol. The van der Waals surface area contributed by atoms with Crippen LogP contribution in [-0.2, 0) is 18.0 Å². The molecular formula is C11H14F3N3O2S. The summed E-state index contributed by atoms with van der Waals surface area (Å²) in [4.78, 5) is 13.0. The zero-order valence-corrected chi connectivity index (χ0v) is 11.7. The van der Waals surface area contributed by atoms with Gasteiger partial charge in [-0.2, -0.15) is 30.9 Å². The highest BCUT2D eigenvalue weighted by Crippen LogP contribution is 2.39. The van der Waals surface area contributed by atoms with Gasteiger partial charge in [0.1, 0.15) is 5.69 Å². The number of thiol groups is 1. The molecule has 0 saturated carbocycles. The van der Waals surface area contributed by atoms with Crippen LogP contribution in [0.4, 0.5) is 13.2 Å². The molecule has 0 aliphatic carbocycles. The third-order valence-corrected chi connectivity index (χ3v) is 4.26. The molecule has 2 heterocycles. The Hall–Kier alpha value is -1.22. The van der Waals surface area contributed by atoms with Gasteiger partial charge in [-0.25, -0.2) is 0 Å². The van der Waals surface area contributed by atoms with Crippen molar-refractivity contribution in [1.82, 2.24) is 14.7 Å². The van der Waals surface area contributed by atoms with Crippen LogP contribution in [0.2, 0.25) is 0 Å². The molecule has 3 atom stereocenters. The van der Waals surface area contributed by atoms with Crippen molar-refractivity contribution in [3.05, 3.63) is 17.5 Å². The van der Waals surface area contributed by atoms with Gasteiger partial charge < -0.3 is 5.11 Å². The fraction of sp³-hybridized carbons (Fsp3) is 0.636. The Labute approximate surface area is 118 Å². The molecule has 2 rings (SSSR count). The quantitative estimate of drug-likeness (QED) is 0.811. The minimum absolute atomic E-state index is 0.135. The van der Waals surface area contributed by atoms with E-state index in [1.54, 1.807) is 11.9 Å². The molecule has 1 fully saturated rings. The molecule has 0 bridgehead atoms. The van der Waals surface area contributed by atoms with Crippen molar-refractivity contribution >= 4 is 18.6 Å². The largest absolute Gasteiger partial charge is 0.481 e. The first-order chi connectivity index (χ1) is 9.12. The minimum atomic E-state index is -4.51. The SMILES string of the molecule is CN1CC(c2cc(C(F)(F)F)n(C)n2)C(C(=O)O)C1S. The molecule has 1 aliphatic heterocycles. The van der Waals surface area contributed by atoms with Crippen molar-refractivity contribution in [3.63, 3.8) is 0 Å². The van der Waals surface area contributed by atoms with Gasteiger partial charge >= 0.3 is 12.1 Å². The van der Waals surface area contributed by atoms with E-state index in [9.17, 15) is 23.1 Å². The van der Waals surface area contributed by atoms with Crippen LogP contribution in [0.1, 0.15) is 17.3 Å². The van der Waals surface area contributed by atoms with Crippen LogP contribution in [0.5, 0.6) is 0 Å². The second-order valence-corrected chi connectivity index (χ2v) is 5.43. The van der Waals surface area contributed by atoms with E-state index in [0.29, 0.717) is 6.54 Å². The lowest BCUT2D eigenvalue weighted by Gasteiger charge is -2.16. The number of likely N-dealkylation sites (N-methyl/N-ethyl adjacent to an activating group) is 1. The average molecular weight is 309 g/mol. The smallest absolute Gasteiger partial charge is 0.433 e. The molecule has 9 heteroatoms. The van der Waals surface area contributed by atoms with Gasteiger partial charge in [0, 0.05) is 19.5 Å². The summed E-state index contributed by atoms with van der Waals surface area (Å²) in [6.07, 6.45) is -4.51. The molecule has 5 nitrogen and oxygen atoms in total. The predicted octanol–water partition coefficient (Wildman–Crippen LogP) is 1.42. The summed E-state index contributed by atoms with van der Waals surface area (Å²) in [5.74, 6) is -2.58. The van der Waals surface area contributed by atoms with Crippen molar-refractivity contribution in [1.29, 1.82) is 0 Å². The molecule has 3 unspecified atom stereocenters. The van der Waals surface area contributed by atoms with Crippen LogP contribution < -0.4 is 0 Å². The Bertz CT molecular complexity index is 531. The maximum absolute atomic E-state index is 12.8. The number of carbonyl (C=O) groups is 1. The summed E-state index contributed by atoms with van der Waals surface area (Å²) in [6, 6.07) is 0.917. The lowest BCUT2D eigenvalue weighted by molar-refractivity contribution is -0.144. The molecule has 0 aromatic carbocycles. The number of rotatable bonds is 2. The number of nitrogens with zero attached hydrogens (tertiary/aromatic N) is 3. The number of halogens is 3. The van der Waals surface area contributed by atoms with E-state index in [1.807, 2.05) is 0 Å². The van der Waals surface area contributed by atoms with Gasteiger partial charge in [0.15, 0.2) is 0 Å². The van der Waals surface area contributed by atoms with Gasteiger partial charge in [-0.3, -0.25) is 14.4 Å². The van der Waals surface area contributed by atoms with E-state index in [-0.39, 0.29) is 5.69 Å². The molecule has 20 heavy (non-hydrogen) atoms. The van der Waals surface area contributed by atoms with E-state index < -0.39 is 35.0 Å². The third-order valence-electron chi connectivity index (χ3n) is 3.55.